The Balaban J connectivity index is 1.92. The van der Waals surface area contributed by atoms with Crippen LogP contribution in [0.5, 0.6) is 0 Å². The van der Waals surface area contributed by atoms with Gasteiger partial charge in [-0.25, -0.2) is 0 Å². The van der Waals surface area contributed by atoms with E-state index in [1.807, 2.05) is 0 Å². The van der Waals surface area contributed by atoms with Crippen molar-refractivity contribution in [2.24, 2.45) is 0 Å². The quantitative estimate of drug-likeness (QED) is 0.325. The maximum absolute atomic E-state index is 4.78. The lowest BCUT2D eigenvalue weighted by Gasteiger charge is -1.63. The fraction of sp³-hybridized carbons (Fsp3) is 1.00. The van der Waals surface area contributed by atoms with Gasteiger partial charge in [-0.3, -0.25) is 0 Å². The maximum atomic E-state index is 4.78. The molecule has 0 amide bonds. The SMILES string of the molecule is C1OC1C1OO1. The van der Waals surface area contributed by atoms with Crippen LogP contribution >= 0.6 is 0 Å². The van der Waals surface area contributed by atoms with Crippen LogP contribution < -0.4 is 0 Å². The van der Waals surface area contributed by atoms with Crippen LogP contribution in [0.2, 0.25) is 0 Å². The summed E-state index contributed by atoms with van der Waals surface area (Å²) < 4.78 is 4.78. The van der Waals surface area contributed by atoms with Crippen LogP contribution in [0.15, 0.2) is 0 Å². The Morgan fingerprint density at radius 2 is 2.00 bits per heavy atom. The molecule has 2 saturated heterocycles. The largest absolute Gasteiger partial charge is 0.367 e. The van der Waals surface area contributed by atoms with E-state index in [0.717, 1.165) is 6.61 Å². The predicted octanol–water partition coefficient (Wildman–Crippen LogP) is -0.327. The van der Waals surface area contributed by atoms with Gasteiger partial charge in [0.05, 0.1) is 6.61 Å². The summed E-state index contributed by atoms with van der Waals surface area (Å²) in [5.74, 6) is 0. The van der Waals surface area contributed by atoms with Gasteiger partial charge in [0.25, 0.3) is 6.29 Å². The zero-order valence-electron chi connectivity index (χ0n) is 3.09. The van der Waals surface area contributed by atoms with Crippen LogP contribution in [-0.2, 0) is 14.5 Å². The first-order chi connectivity index (χ1) is 2.97. The summed E-state index contributed by atoms with van der Waals surface area (Å²) in [7, 11) is 0. The van der Waals surface area contributed by atoms with E-state index in [9.17, 15) is 0 Å². The molecule has 0 aromatic rings. The Morgan fingerprint density at radius 1 is 1.33 bits per heavy atom. The molecular weight excluding hydrogens is 84.0 g/mol. The fourth-order valence-corrected chi connectivity index (χ4v) is 0.369. The zero-order valence-corrected chi connectivity index (χ0v) is 3.09. The van der Waals surface area contributed by atoms with Crippen molar-refractivity contribution >= 4 is 0 Å². The number of hydrogen-bond acceptors (Lipinski definition) is 3. The monoisotopic (exact) mass is 88.0 g/mol. The van der Waals surface area contributed by atoms with Crippen molar-refractivity contribution in [1.29, 1.82) is 0 Å². The Morgan fingerprint density at radius 3 is 2.17 bits per heavy atom. The molecule has 3 heteroatoms. The summed E-state index contributed by atoms with van der Waals surface area (Å²) in [6.45, 7) is 0.810. The highest BCUT2D eigenvalue weighted by atomic mass is 17.4. The highest BCUT2D eigenvalue weighted by Gasteiger charge is 2.44. The average molecular weight is 88.1 g/mol. The molecule has 2 fully saturated rings. The molecule has 0 N–H and O–H groups in total. The van der Waals surface area contributed by atoms with Gasteiger partial charge in [0, 0.05) is 0 Å². The van der Waals surface area contributed by atoms with Crippen molar-refractivity contribution in [3.8, 4) is 0 Å². The molecule has 34 valence electrons. The topological polar surface area (TPSA) is 37.6 Å². The summed E-state index contributed by atoms with van der Waals surface area (Å²) in [6, 6.07) is 0. The molecule has 0 spiro atoms. The molecule has 3 nitrogen and oxygen atoms in total. The molecule has 0 aliphatic carbocycles. The van der Waals surface area contributed by atoms with Gasteiger partial charge in [-0.05, 0) is 0 Å². The van der Waals surface area contributed by atoms with E-state index in [0.29, 0.717) is 0 Å². The van der Waals surface area contributed by atoms with E-state index >= 15 is 0 Å². The maximum Gasteiger partial charge on any atom is 0.252 e. The predicted molar refractivity (Wildman–Crippen MR) is 15.7 cm³/mol. The Labute approximate surface area is 34.7 Å². The van der Waals surface area contributed by atoms with Gasteiger partial charge in [0.15, 0.2) is 0 Å². The first-order valence-corrected chi connectivity index (χ1v) is 1.90. The van der Waals surface area contributed by atoms with E-state index < -0.39 is 0 Å². The molecule has 0 aromatic heterocycles. The Bertz CT molecular complexity index is 54.4. The van der Waals surface area contributed by atoms with Gasteiger partial charge >= 0.3 is 0 Å². The van der Waals surface area contributed by atoms with Crippen LogP contribution in [0.25, 0.3) is 0 Å². The lowest BCUT2D eigenvalue weighted by molar-refractivity contribution is 0.0850. The highest BCUT2D eigenvalue weighted by Crippen LogP contribution is 2.27. The van der Waals surface area contributed by atoms with Crippen LogP contribution in [0.1, 0.15) is 0 Å². The fourth-order valence-electron chi connectivity index (χ4n) is 0.369. The second-order valence-electron chi connectivity index (χ2n) is 1.43. The van der Waals surface area contributed by atoms with E-state index in [1.165, 1.54) is 0 Å². The van der Waals surface area contributed by atoms with Gasteiger partial charge in [-0.15, -0.1) is 0 Å². The minimum absolute atomic E-state index is 0.00926. The Hall–Kier alpha value is -0.120. The summed E-state index contributed by atoms with van der Waals surface area (Å²) in [5, 5.41) is 0. The van der Waals surface area contributed by atoms with E-state index in [1.54, 1.807) is 0 Å². The molecule has 1 atom stereocenters. The Kier molecular flexibility index (Phi) is 0.371. The molecule has 1 unspecified atom stereocenters. The third kappa shape index (κ3) is 0.330. The van der Waals surface area contributed by atoms with Crippen LogP contribution in [0, 0.1) is 0 Å². The van der Waals surface area contributed by atoms with Gasteiger partial charge in [-0.2, -0.15) is 9.78 Å². The summed E-state index contributed by atoms with van der Waals surface area (Å²) in [4.78, 5) is 8.81. The van der Waals surface area contributed by atoms with Gasteiger partial charge in [0.2, 0.25) is 0 Å². The standard InChI is InChI=1S/C3H4O3/c1-2(4-1)3-5-6-3/h2-3H,1H2. The molecule has 0 aromatic carbocycles. The van der Waals surface area contributed by atoms with E-state index in [-0.39, 0.29) is 12.4 Å². The molecule has 0 radical (unpaired) electrons. The molecule has 6 heavy (non-hydrogen) atoms. The van der Waals surface area contributed by atoms with Gasteiger partial charge in [0.1, 0.15) is 6.10 Å². The lowest BCUT2D eigenvalue weighted by atomic mass is 10.5. The number of rotatable bonds is 1. The van der Waals surface area contributed by atoms with Crippen molar-refractivity contribution in [3.63, 3.8) is 0 Å². The normalized spacial score (nSPS) is 43.0. The van der Waals surface area contributed by atoms with Crippen LogP contribution in [0.3, 0.4) is 0 Å². The lowest BCUT2D eigenvalue weighted by Crippen LogP contribution is -1.92. The number of ether oxygens (including phenoxy) is 1. The van der Waals surface area contributed by atoms with E-state index in [2.05, 4.69) is 9.78 Å². The summed E-state index contributed by atoms with van der Waals surface area (Å²) >= 11 is 0. The molecule has 2 rings (SSSR count). The average Bonchev–Trinajstić information content (AvgIpc) is 2.26. The smallest absolute Gasteiger partial charge is 0.252 e. The van der Waals surface area contributed by atoms with Gasteiger partial charge < -0.3 is 4.74 Å². The minimum atomic E-state index is -0.00926. The van der Waals surface area contributed by atoms with Crippen molar-refractivity contribution < 1.29 is 14.5 Å². The molecule has 0 bridgehead atoms. The second kappa shape index (κ2) is 0.753. The third-order valence-electron chi connectivity index (χ3n) is 0.870. The first kappa shape index (κ1) is 2.96. The van der Waals surface area contributed by atoms with Crippen molar-refractivity contribution in [2.45, 2.75) is 12.4 Å². The zero-order chi connectivity index (χ0) is 3.98. The minimum Gasteiger partial charge on any atom is -0.367 e. The molecule has 2 heterocycles. The second-order valence-corrected chi connectivity index (χ2v) is 1.43. The molecular formula is C3H4O3. The van der Waals surface area contributed by atoms with Crippen LogP contribution in [0.4, 0.5) is 0 Å². The summed E-state index contributed by atoms with van der Waals surface area (Å²) in [6.07, 6.45) is 0.259. The van der Waals surface area contributed by atoms with Gasteiger partial charge in [-0.1, -0.05) is 0 Å². The molecule has 2 aliphatic rings. The van der Waals surface area contributed by atoms with E-state index in [4.69, 9.17) is 4.74 Å². The van der Waals surface area contributed by atoms with Crippen LogP contribution in [-0.4, -0.2) is 19.0 Å². The highest BCUT2D eigenvalue weighted by molar-refractivity contribution is 4.74. The van der Waals surface area contributed by atoms with Crippen molar-refractivity contribution in [2.75, 3.05) is 6.61 Å². The number of epoxide rings is 1. The third-order valence-corrected chi connectivity index (χ3v) is 0.870. The first-order valence-electron chi connectivity index (χ1n) is 1.90. The summed E-state index contributed by atoms with van der Waals surface area (Å²) in [5.41, 5.74) is 0. The number of hydrogen-bond donors (Lipinski definition) is 0. The molecule has 2 aliphatic heterocycles. The van der Waals surface area contributed by atoms with Crippen molar-refractivity contribution in [3.05, 3.63) is 0 Å². The van der Waals surface area contributed by atoms with Crippen molar-refractivity contribution in [1.82, 2.24) is 0 Å². The molecule has 0 saturated carbocycles.